The topological polar surface area (TPSA) is 65.0 Å². The number of ether oxygens (including phenoxy) is 1. The molecule has 0 fully saturated rings. The van der Waals surface area contributed by atoms with Crippen LogP contribution in [0.3, 0.4) is 0 Å². The monoisotopic (exact) mass is 272 g/mol. The van der Waals surface area contributed by atoms with E-state index >= 15 is 0 Å². The molecule has 100 valence electrons. The van der Waals surface area contributed by atoms with Crippen molar-refractivity contribution >= 4 is 7.82 Å². The molecule has 18 heavy (non-hydrogen) atoms. The van der Waals surface area contributed by atoms with Gasteiger partial charge in [0.05, 0.1) is 12.9 Å². The van der Waals surface area contributed by atoms with Crippen LogP contribution in [-0.2, 0) is 13.8 Å². The fourth-order valence-corrected chi connectivity index (χ4v) is 1.81. The van der Waals surface area contributed by atoms with Crippen molar-refractivity contribution in [2.75, 3.05) is 13.2 Å². The van der Waals surface area contributed by atoms with Gasteiger partial charge in [-0.3, -0.25) is 9.42 Å². The second kappa shape index (κ2) is 7.21. The summed E-state index contributed by atoms with van der Waals surface area (Å²) in [4.78, 5) is 9.42. The van der Waals surface area contributed by atoms with Crippen LogP contribution >= 0.6 is 7.82 Å². The molecule has 0 spiro atoms. The molecule has 0 saturated heterocycles. The van der Waals surface area contributed by atoms with E-state index in [1.807, 2.05) is 13.8 Å². The molecule has 0 amide bonds. The number of phosphoric ester groups is 1. The molecule has 5 nitrogen and oxygen atoms in total. The van der Waals surface area contributed by atoms with Gasteiger partial charge in [0.2, 0.25) is 0 Å². The van der Waals surface area contributed by atoms with E-state index in [-0.39, 0.29) is 19.0 Å². The van der Waals surface area contributed by atoms with Gasteiger partial charge >= 0.3 is 7.82 Å². The molecule has 1 unspecified atom stereocenters. The van der Waals surface area contributed by atoms with Crippen molar-refractivity contribution in [3.05, 3.63) is 42.2 Å². The van der Waals surface area contributed by atoms with Gasteiger partial charge in [-0.2, -0.15) is 0 Å². The number of rotatable bonds is 7. The summed E-state index contributed by atoms with van der Waals surface area (Å²) in [5.74, 6) is 0.286. The van der Waals surface area contributed by atoms with Crippen LogP contribution < -0.4 is 4.52 Å². The Labute approximate surface area is 107 Å². The molecule has 0 aromatic heterocycles. The van der Waals surface area contributed by atoms with Crippen LogP contribution in [0, 0.1) is 0 Å². The van der Waals surface area contributed by atoms with Crippen molar-refractivity contribution in [3.63, 3.8) is 0 Å². The van der Waals surface area contributed by atoms with Crippen molar-refractivity contribution in [3.8, 4) is 5.75 Å². The number of hydrogen-bond donors (Lipinski definition) is 1. The normalized spacial score (nSPS) is 13.5. The Bertz CT molecular complexity index is 425. The Kier molecular flexibility index (Phi) is 5.92. The lowest BCUT2D eigenvalue weighted by atomic mass is 10.3. The van der Waals surface area contributed by atoms with Crippen LogP contribution in [0.2, 0.25) is 0 Å². The summed E-state index contributed by atoms with van der Waals surface area (Å²) in [6, 6.07) is 8.33. The van der Waals surface area contributed by atoms with Crippen molar-refractivity contribution in [1.82, 2.24) is 0 Å². The summed E-state index contributed by atoms with van der Waals surface area (Å²) in [5.41, 5.74) is 1.00. The molecular formula is C12H17O5P. The summed E-state index contributed by atoms with van der Waals surface area (Å²) in [5, 5.41) is 0. The number of para-hydroxylation sites is 1. The SMILES string of the molecule is CC(C)=COCCOP(=O)(O)Oc1ccccc1. The highest BCUT2D eigenvalue weighted by atomic mass is 31.2. The van der Waals surface area contributed by atoms with Gasteiger partial charge in [0.1, 0.15) is 12.4 Å². The summed E-state index contributed by atoms with van der Waals surface area (Å²) in [6.07, 6.45) is 1.56. The van der Waals surface area contributed by atoms with Gasteiger partial charge in [0.25, 0.3) is 0 Å². The quantitative estimate of drug-likeness (QED) is 0.469. The zero-order valence-corrected chi connectivity index (χ0v) is 11.3. The molecule has 0 aliphatic carbocycles. The second-order valence-electron chi connectivity index (χ2n) is 3.77. The molecular weight excluding hydrogens is 255 g/mol. The summed E-state index contributed by atoms with van der Waals surface area (Å²) < 4.78 is 26.2. The fraction of sp³-hybridized carbons (Fsp3) is 0.333. The fourth-order valence-electron chi connectivity index (χ4n) is 1.07. The Morgan fingerprint density at radius 2 is 1.94 bits per heavy atom. The maximum Gasteiger partial charge on any atom is 0.527 e. The van der Waals surface area contributed by atoms with Crippen LogP contribution in [0.4, 0.5) is 0 Å². The van der Waals surface area contributed by atoms with E-state index < -0.39 is 7.82 Å². The smallest absolute Gasteiger partial charge is 0.499 e. The minimum atomic E-state index is -4.08. The van der Waals surface area contributed by atoms with E-state index in [0.717, 1.165) is 5.57 Å². The first kappa shape index (κ1) is 14.8. The molecule has 0 heterocycles. The zero-order chi connectivity index (χ0) is 13.4. The lowest BCUT2D eigenvalue weighted by Crippen LogP contribution is -2.03. The van der Waals surface area contributed by atoms with E-state index in [2.05, 4.69) is 0 Å². The average molecular weight is 272 g/mol. The van der Waals surface area contributed by atoms with E-state index in [1.54, 1.807) is 36.6 Å². The highest BCUT2D eigenvalue weighted by molar-refractivity contribution is 7.47. The van der Waals surface area contributed by atoms with Gasteiger partial charge < -0.3 is 9.26 Å². The van der Waals surface area contributed by atoms with Crippen molar-refractivity contribution in [2.45, 2.75) is 13.8 Å². The Hall–Kier alpha value is -1.29. The van der Waals surface area contributed by atoms with Crippen molar-refractivity contribution in [1.29, 1.82) is 0 Å². The van der Waals surface area contributed by atoms with Crippen LogP contribution in [-0.4, -0.2) is 18.1 Å². The molecule has 1 atom stereocenters. The average Bonchev–Trinajstić information content (AvgIpc) is 2.28. The lowest BCUT2D eigenvalue weighted by Gasteiger charge is -2.12. The molecule has 0 aliphatic heterocycles. The summed E-state index contributed by atoms with van der Waals surface area (Å²) in [6.45, 7) is 3.94. The molecule has 0 aliphatic rings. The lowest BCUT2D eigenvalue weighted by molar-refractivity contribution is 0.143. The third-order valence-corrected chi connectivity index (χ3v) is 2.69. The summed E-state index contributed by atoms with van der Waals surface area (Å²) in [7, 11) is -4.08. The van der Waals surface area contributed by atoms with Crippen LogP contribution in [0.1, 0.15) is 13.8 Å². The minimum Gasteiger partial charge on any atom is -0.499 e. The van der Waals surface area contributed by atoms with E-state index in [1.165, 1.54) is 0 Å². The third-order valence-electron chi connectivity index (χ3n) is 1.74. The second-order valence-corrected chi connectivity index (χ2v) is 5.15. The predicted octanol–water partition coefficient (Wildman–Crippen LogP) is 3.12. The Morgan fingerprint density at radius 3 is 2.56 bits per heavy atom. The van der Waals surface area contributed by atoms with E-state index in [4.69, 9.17) is 13.8 Å². The minimum absolute atomic E-state index is 0.0234. The first-order chi connectivity index (χ1) is 8.49. The standard InChI is InChI=1S/C12H17O5P/c1-11(2)10-15-8-9-16-18(13,14)17-12-6-4-3-5-7-12/h3-7,10H,8-9H2,1-2H3,(H,13,14). The van der Waals surface area contributed by atoms with Gasteiger partial charge in [-0.15, -0.1) is 0 Å². The van der Waals surface area contributed by atoms with Gasteiger partial charge in [-0.25, -0.2) is 4.57 Å². The molecule has 0 saturated carbocycles. The molecule has 1 rings (SSSR count). The summed E-state index contributed by atoms with van der Waals surface area (Å²) >= 11 is 0. The van der Waals surface area contributed by atoms with E-state index in [9.17, 15) is 9.46 Å². The first-order valence-electron chi connectivity index (χ1n) is 5.46. The van der Waals surface area contributed by atoms with Crippen LogP contribution in [0.15, 0.2) is 42.2 Å². The zero-order valence-electron chi connectivity index (χ0n) is 10.4. The molecule has 1 aromatic rings. The highest BCUT2D eigenvalue weighted by Gasteiger charge is 2.22. The number of hydrogen-bond acceptors (Lipinski definition) is 4. The number of benzene rings is 1. The number of phosphoric acid groups is 1. The molecule has 0 bridgehead atoms. The molecule has 0 radical (unpaired) electrons. The first-order valence-corrected chi connectivity index (χ1v) is 6.96. The predicted molar refractivity (Wildman–Crippen MR) is 68.2 cm³/mol. The van der Waals surface area contributed by atoms with Crippen molar-refractivity contribution in [2.24, 2.45) is 0 Å². The maximum atomic E-state index is 11.5. The van der Waals surface area contributed by atoms with Crippen LogP contribution in [0.25, 0.3) is 0 Å². The van der Waals surface area contributed by atoms with Crippen molar-refractivity contribution < 1.29 is 23.2 Å². The third kappa shape index (κ3) is 6.45. The van der Waals surface area contributed by atoms with Crippen LogP contribution in [0.5, 0.6) is 5.75 Å². The van der Waals surface area contributed by atoms with Gasteiger partial charge in [0, 0.05) is 0 Å². The maximum absolute atomic E-state index is 11.5. The van der Waals surface area contributed by atoms with E-state index in [0.29, 0.717) is 0 Å². The number of allylic oxidation sites excluding steroid dienone is 1. The Balaban J connectivity index is 2.32. The van der Waals surface area contributed by atoms with Gasteiger partial charge in [-0.05, 0) is 31.6 Å². The largest absolute Gasteiger partial charge is 0.527 e. The highest BCUT2D eigenvalue weighted by Crippen LogP contribution is 2.43. The molecule has 1 N–H and O–H groups in total. The van der Waals surface area contributed by atoms with Gasteiger partial charge in [-0.1, -0.05) is 18.2 Å². The molecule has 6 heteroatoms. The van der Waals surface area contributed by atoms with Gasteiger partial charge in [0.15, 0.2) is 0 Å². The molecule has 1 aromatic carbocycles. The Morgan fingerprint density at radius 1 is 1.28 bits per heavy atom.